The average Bonchev–Trinajstić information content (AvgIpc) is 2.08. The van der Waals surface area contributed by atoms with E-state index >= 15 is 0 Å². The van der Waals surface area contributed by atoms with E-state index in [0.717, 1.165) is 0 Å². The minimum absolute atomic E-state index is 0.183. The Labute approximate surface area is 78.1 Å². The van der Waals surface area contributed by atoms with Crippen LogP contribution in [0.1, 0.15) is 11.1 Å². The Morgan fingerprint density at radius 3 is 2.08 bits per heavy atom. The van der Waals surface area contributed by atoms with Crippen molar-refractivity contribution in [1.29, 1.82) is 0 Å². The first-order chi connectivity index (χ1) is 5.46. The molecule has 0 saturated carbocycles. The molecule has 0 atom stereocenters. The molecular formula is C8H9BO2S. The summed E-state index contributed by atoms with van der Waals surface area (Å²) in [6.45, 7) is 3.41. The highest BCUT2D eigenvalue weighted by Gasteiger charge is 2.12. The zero-order valence-corrected chi connectivity index (χ0v) is 7.81. The summed E-state index contributed by atoms with van der Waals surface area (Å²) in [5.74, 6) is -0.453. The Morgan fingerprint density at radius 1 is 1.08 bits per heavy atom. The number of aromatic hydroxyl groups is 2. The highest BCUT2D eigenvalue weighted by atomic mass is 32.1. The van der Waals surface area contributed by atoms with Crippen LogP contribution in [-0.2, 0) is 0 Å². The Balaban J connectivity index is 3.60. The van der Waals surface area contributed by atoms with Gasteiger partial charge >= 0.3 is 0 Å². The summed E-state index contributed by atoms with van der Waals surface area (Å²) in [4.78, 5) is 0.614. The Kier molecular flexibility index (Phi) is 2.28. The second-order valence-electron chi connectivity index (χ2n) is 2.71. The summed E-state index contributed by atoms with van der Waals surface area (Å²) < 4.78 is 0. The minimum atomic E-state index is -0.261. The summed E-state index contributed by atoms with van der Waals surface area (Å²) in [7, 11) is 5.49. The standard InChI is InChI=1S/C8H9BO2S/c1-3-5(9)7(11)6(10)4(2)8(3)12/h10-12H,1-2H3. The van der Waals surface area contributed by atoms with E-state index in [0.29, 0.717) is 16.0 Å². The van der Waals surface area contributed by atoms with Crippen molar-refractivity contribution in [3.05, 3.63) is 11.1 Å². The second-order valence-corrected chi connectivity index (χ2v) is 3.16. The number of thiol groups is 1. The van der Waals surface area contributed by atoms with Crippen molar-refractivity contribution in [2.24, 2.45) is 0 Å². The van der Waals surface area contributed by atoms with Crippen LogP contribution in [0.15, 0.2) is 4.90 Å². The van der Waals surface area contributed by atoms with Crippen LogP contribution in [-0.4, -0.2) is 18.1 Å². The summed E-state index contributed by atoms with van der Waals surface area (Å²) in [6.07, 6.45) is 0. The molecule has 12 heavy (non-hydrogen) atoms. The molecular weight excluding hydrogens is 171 g/mol. The van der Waals surface area contributed by atoms with Gasteiger partial charge in [0.1, 0.15) is 7.85 Å². The van der Waals surface area contributed by atoms with Crippen LogP contribution in [0.4, 0.5) is 0 Å². The minimum Gasteiger partial charge on any atom is -0.505 e. The first-order valence-corrected chi connectivity index (χ1v) is 3.91. The maximum atomic E-state index is 9.31. The Hall–Kier alpha value is -0.765. The molecule has 62 valence electrons. The predicted molar refractivity (Wildman–Crippen MR) is 51.9 cm³/mol. The van der Waals surface area contributed by atoms with Gasteiger partial charge < -0.3 is 10.2 Å². The number of benzene rings is 1. The van der Waals surface area contributed by atoms with Gasteiger partial charge in [-0.3, -0.25) is 0 Å². The molecule has 2 N–H and O–H groups in total. The lowest BCUT2D eigenvalue weighted by atomic mass is 9.88. The fraction of sp³-hybridized carbons (Fsp3) is 0.250. The van der Waals surface area contributed by atoms with Gasteiger partial charge in [0.05, 0.1) is 0 Å². The molecule has 1 aromatic rings. The predicted octanol–water partition coefficient (Wildman–Crippen LogP) is 0.797. The van der Waals surface area contributed by atoms with Gasteiger partial charge in [-0.1, -0.05) is 0 Å². The summed E-state index contributed by atoms with van der Waals surface area (Å²) >= 11 is 4.15. The summed E-state index contributed by atoms with van der Waals surface area (Å²) in [6, 6.07) is 0. The second kappa shape index (κ2) is 2.94. The van der Waals surface area contributed by atoms with Gasteiger partial charge in [-0.25, -0.2) is 0 Å². The summed E-state index contributed by atoms with van der Waals surface area (Å²) in [5, 5.41) is 18.6. The average molecular weight is 180 g/mol. The SMILES string of the molecule is [B]c1c(C)c(S)c(C)c(O)c1O. The number of phenols is 2. The van der Waals surface area contributed by atoms with E-state index in [2.05, 4.69) is 12.6 Å². The fourth-order valence-corrected chi connectivity index (χ4v) is 1.23. The van der Waals surface area contributed by atoms with Gasteiger partial charge in [-0.2, -0.15) is 0 Å². The molecule has 0 aliphatic rings. The first kappa shape index (κ1) is 9.32. The monoisotopic (exact) mass is 180 g/mol. The van der Waals surface area contributed by atoms with E-state index in [9.17, 15) is 10.2 Å². The van der Waals surface area contributed by atoms with Crippen LogP contribution >= 0.6 is 12.6 Å². The molecule has 2 radical (unpaired) electrons. The van der Waals surface area contributed by atoms with Crippen LogP contribution in [0.2, 0.25) is 0 Å². The topological polar surface area (TPSA) is 40.5 Å². The lowest BCUT2D eigenvalue weighted by Gasteiger charge is -2.12. The molecule has 0 unspecified atom stereocenters. The third-order valence-electron chi connectivity index (χ3n) is 1.95. The molecule has 0 spiro atoms. The van der Waals surface area contributed by atoms with E-state index < -0.39 is 0 Å². The van der Waals surface area contributed by atoms with Crippen LogP contribution < -0.4 is 5.46 Å². The molecule has 0 amide bonds. The van der Waals surface area contributed by atoms with Gasteiger partial charge in [0.15, 0.2) is 11.5 Å². The smallest absolute Gasteiger partial charge is 0.160 e. The van der Waals surface area contributed by atoms with Crippen molar-refractivity contribution < 1.29 is 10.2 Å². The van der Waals surface area contributed by atoms with E-state index in [4.69, 9.17) is 7.85 Å². The van der Waals surface area contributed by atoms with Gasteiger partial charge in [0, 0.05) is 10.5 Å². The van der Waals surface area contributed by atoms with E-state index in [1.807, 2.05) is 0 Å². The van der Waals surface area contributed by atoms with E-state index in [1.54, 1.807) is 13.8 Å². The number of hydrogen-bond acceptors (Lipinski definition) is 3. The van der Waals surface area contributed by atoms with Gasteiger partial charge in [-0.15, -0.1) is 12.6 Å². The lowest BCUT2D eigenvalue weighted by molar-refractivity contribution is 0.402. The van der Waals surface area contributed by atoms with Gasteiger partial charge in [-0.05, 0) is 24.9 Å². The Bertz CT molecular complexity index is 231. The highest BCUT2D eigenvalue weighted by molar-refractivity contribution is 7.80. The molecule has 0 saturated heterocycles. The largest absolute Gasteiger partial charge is 0.505 e. The molecule has 0 fully saturated rings. The van der Waals surface area contributed by atoms with Crippen molar-refractivity contribution in [2.45, 2.75) is 18.7 Å². The Morgan fingerprint density at radius 2 is 1.58 bits per heavy atom. The van der Waals surface area contributed by atoms with Crippen molar-refractivity contribution >= 4 is 25.9 Å². The maximum absolute atomic E-state index is 9.31. The van der Waals surface area contributed by atoms with Crippen LogP contribution in [0.3, 0.4) is 0 Å². The molecule has 0 aromatic heterocycles. The van der Waals surface area contributed by atoms with Crippen molar-refractivity contribution in [3.8, 4) is 11.5 Å². The lowest BCUT2D eigenvalue weighted by Crippen LogP contribution is -2.09. The van der Waals surface area contributed by atoms with E-state index in [1.165, 1.54) is 0 Å². The van der Waals surface area contributed by atoms with Crippen LogP contribution in [0.25, 0.3) is 0 Å². The van der Waals surface area contributed by atoms with Gasteiger partial charge in [0.25, 0.3) is 0 Å². The molecule has 2 nitrogen and oxygen atoms in total. The number of hydrogen-bond donors (Lipinski definition) is 3. The van der Waals surface area contributed by atoms with Crippen molar-refractivity contribution in [3.63, 3.8) is 0 Å². The zero-order chi connectivity index (χ0) is 9.46. The molecule has 0 aliphatic heterocycles. The van der Waals surface area contributed by atoms with E-state index in [-0.39, 0.29) is 17.0 Å². The fourth-order valence-electron chi connectivity index (χ4n) is 1.00. The van der Waals surface area contributed by atoms with Crippen molar-refractivity contribution in [2.75, 3.05) is 0 Å². The molecule has 0 bridgehead atoms. The molecule has 0 heterocycles. The molecule has 0 aliphatic carbocycles. The highest BCUT2D eigenvalue weighted by Crippen LogP contribution is 2.32. The third-order valence-corrected chi connectivity index (χ3v) is 2.62. The maximum Gasteiger partial charge on any atom is 0.160 e. The van der Waals surface area contributed by atoms with Gasteiger partial charge in [0.2, 0.25) is 0 Å². The van der Waals surface area contributed by atoms with Crippen LogP contribution in [0, 0.1) is 13.8 Å². The third kappa shape index (κ3) is 1.16. The van der Waals surface area contributed by atoms with Crippen molar-refractivity contribution in [1.82, 2.24) is 0 Å². The summed E-state index contributed by atoms with van der Waals surface area (Å²) in [5.41, 5.74) is 1.41. The number of phenolic OH excluding ortho intramolecular Hbond substituents is 2. The number of rotatable bonds is 0. The zero-order valence-electron chi connectivity index (χ0n) is 6.92. The molecule has 4 heteroatoms. The molecule has 1 aromatic carbocycles. The normalized spacial score (nSPS) is 10.2. The molecule has 1 rings (SSSR count). The quantitative estimate of drug-likeness (QED) is 0.314. The van der Waals surface area contributed by atoms with Crippen LogP contribution in [0.5, 0.6) is 11.5 Å². The first-order valence-electron chi connectivity index (χ1n) is 3.46.